The molecule has 2 amide bonds. The summed E-state index contributed by atoms with van der Waals surface area (Å²) in [6.45, 7) is 5.97. The van der Waals surface area contributed by atoms with Crippen LogP contribution in [0.25, 0.3) is 0 Å². The fourth-order valence-corrected chi connectivity index (χ4v) is 2.49. The summed E-state index contributed by atoms with van der Waals surface area (Å²) in [5.41, 5.74) is 0.234. The van der Waals surface area contributed by atoms with Crippen molar-refractivity contribution in [3.63, 3.8) is 0 Å². The first kappa shape index (κ1) is 15.8. The summed E-state index contributed by atoms with van der Waals surface area (Å²) in [6, 6.07) is -0.165. The molecule has 110 valence electrons. The Kier molecular flexibility index (Phi) is 5.60. The number of aliphatic hydroxyl groups is 1. The molecule has 1 rings (SSSR count). The van der Waals surface area contributed by atoms with Gasteiger partial charge < -0.3 is 20.4 Å². The standard InChI is InChI=1S/C13H24N2O4/c1-3-13(4-2)6-8-15(9-13)12(19)14-7-5-10(16)11(17)18/h10,16H,3-9H2,1-2H3,(H,14,19)(H,17,18). The van der Waals surface area contributed by atoms with Crippen molar-refractivity contribution in [1.82, 2.24) is 10.2 Å². The number of carbonyl (C=O) groups is 2. The largest absolute Gasteiger partial charge is 0.479 e. The third-order valence-electron chi connectivity index (χ3n) is 4.20. The van der Waals surface area contributed by atoms with E-state index in [1.54, 1.807) is 4.90 Å². The number of likely N-dealkylation sites (tertiary alicyclic amines) is 1. The molecule has 0 aromatic heterocycles. The van der Waals surface area contributed by atoms with Crippen LogP contribution in [-0.4, -0.2) is 52.9 Å². The summed E-state index contributed by atoms with van der Waals surface area (Å²) >= 11 is 0. The maximum Gasteiger partial charge on any atom is 0.332 e. The van der Waals surface area contributed by atoms with E-state index >= 15 is 0 Å². The second-order valence-electron chi connectivity index (χ2n) is 5.25. The zero-order valence-electron chi connectivity index (χ0n) is 11.7. The molecule has 1 aliphatic rings. The maximum atomic E-state index is 11.9. The van der Waals surface area contributed by atoms with Gasteiger partial charge in [0.1, 0.15) is 0 Å². The minimum Gasteiger partial charge on any atom is -0.479 e. The molecule has 1 unspecified atom stereocenters. The van der Waals surface area contributed by atoms with E-state index in [0.717, 1.165) is 32.4 Å². The molecule has 0 aromatic rings. The molecule has 1 fully saturated rings. The van der Waals surface area contributed by atoms with Crippen molar-refractivity contribution in [2.24, 2.45) is 5.41 Å². The minimum atomic E-state index is -1.41. The topological polar surface area (TPSA) is 89.9 Å². The fraction of sp³-hybridized carbons (Fsp3) is 0.846. The number of carboxylic acid groups (broad SMARTS) is 1. The molecular formula is C13H24N2O4. The summed E-state index contributed by atoms with van der Waals surface area (Å²) in [6.07, 6.45) is 1.76. The van der Waals surface area contributed by atoms with Gasteiger partial charge >= 0.3 is 12.0 Å². The lowest BCUT2D eigenvalue weighted by Crippen LogP contribution is -2.41. The van der Waals surface area contributed by atoms with E-state index in [-0.39, 0.29) is 24.4 Å². The Morgan fingerprint density at radius 3 is 2.47 bits per heavy atom. The van der Waals surface area contributed by atoms with E-state index < -0.39 is 12.1 Å². The molecule has 0 bridgehead atoms. The Balaban J connectivity index is 2.34. The summed E-state index contributed by atoms with van der Waals surface area (Å²) in [4.78, 5) is 24.1. The first-order chi connectivity index (χ1) is 8.94. The first-order valence-corrected chi connectivity index (χ1v) is 6.88. The van der Waals surface area contributed by atoms with Crippen LogP contribution in [0, 0.1) is 5.41 Å². The van der Waals surface area contributed by atoms with Gasteiger partial charge in [-0.2, -0.15) is 0 Å². The molecule has 1 heterocycles. The Morgan fingerprint density at radius 1 is 1.37 bits per heavy atom. The molecular weight excluding hydrogens is 248 g/mol. The van der Waals surface area contributed by atoms with Crippen LogP contribution in [0.4, 0.5) is 4.79 Å². The highest BCUT2D eigenvalue weighted by Crippen LogP contribution is 2.36. The monoisotopic (exact) mass is 272 g/mol. The molecule has 1 atom stereocenters. The highest BCUT2D eigenvalue weighted by molar-refractivity contribution is 5.75. The van der Waals surface area contributed by atoms with Gasteiger partial charge in [0.05, 0.1) is 0 Å². The number of nitrogens with zero attached hydrogens (tertiary/aromatic N) is 1. The van der Waals surface area contributed by atoms with Crippen LogP contribution in [-0.2, 0) is 4.79 Å². The lowest BCUT2D eigenvalue weighted by Gasteiger charge is -2.26. The van der Waals surface area contributed by atoms with Crippen molar-refractivity contribution in [2.45, 2.75) is 45.6 Å². The van der Waals surface area contributed by atoms with Crippen molar-refractivity contribution in [1.29, 1.82) is 0 Å². The number of rotatable bonds is 6. The van der Waals surface area contributed by atoms with Crippen molar-refractivity contribution < 1.29 is 19.8 Å². The second-order valence-corrected chi connectivity index (χ2v) is 5.25. The number of aliphatic carboxylic acids is 1. The lowest BCUT2D eigenvalue weighted by molar-refractivity contribution is -0.146. The summed E-state index contributed by atoms with van der Waals surface area (Å²) in [5.74, 6) is -1.26. The normalized spacial score (nSPS) is 19.2. The zero-order valence-corrected chi connectivity index (χ0v) is 11.7. The Morgan fingerprint density at radius 2 is 2.00 bits per heavy atom. The SMILES string of the molecule is CCC1(CC)CCN(C(=O)NCCC(O)C(=O)O)C1. The first-order valence-electron chi connectivity index (χ1n) is 6.88. The number of hydrogen-bond donors (Lipinski definition) is 3. The van der Waals surface area contributed by atoms with E-state index in [0.29, 0.717) is 0 Å². The maximum absolute atomic E-state index is 11.9. The molecule has 19 heavy (non-hydrogen) atoms. The van der Waals surface area contributed by atoms with E-state index in [4.69, 9.17) is 10.2 Å². The van der Waals surface area contributed by atoms with Gasteiger partial charge in [0.2, 0.25) is 0 Å². The Hall–Kier alpha value is -1.30. The van der Waals surface area contributed by atoms with Gasteiger partial charge in [-0.1, -0.05) is 13.8 Å². The number of nitrogens with one attached hydrogen (secondary N) is 1. The summed E-state index contributed by atoms with van der Waals surface area (Å²) in [7, 11) is 0. The molecule has 0 saturated carbocycles. The molecule has 6 heteroatoms. The number of amides is 2. The lowest BCUT2D eigenvalue weighted by atomic mass is 9.82. The van der Waals surface area contributed by atoms with Gasteiger partial charge in [-0.15, -0.1) is 0 Å². The molecule has 0 aliphatic carbocycles. The molecule has 3 N–H and O–H groups in total. The second kappa shape index (κ2) is 6.75. The van der Waals surface area contributed by atoms with Crippen molar-refractivity contribution in [2.75, 3.05) is 19.6 Å². The molecule has 6 nitrogen and oxygen atoms in total. The Labute approximate surface area is 113 Å². The molecule has 1 aliphatic heterocycles. The van der Waals surface area contributed by atoms with Crippen molar-refractivity contribution in [3.05, 3.63) is 0 Å². The molecule has 0 aromatic carbocycles. The van der Waals surface area contributed by atoms with E-state index in [9.17, 15) is 9.59 Å². The van der Waals surface area contributed by atoms with Crippen molar-refractivity contribution >= 4 is 12.0 Å². The van der Waals surface area contributed by atoms with E-state index in [2.05, 4.69) is 19.2 Å². The van der Waals surface area contributed by atoms with E-state index in [1.165, 1.54) is 0 Å². The number of urea groups is 1. The van der Waals surface area contributed by atoms with Crippen LogP contribution in [0.2, 0.25) is 0 Å². The molecule has 1 saturated heterocycles. The van der Waals surface area contributed by atoms with Crippen LogP contribution in [0.1, 0.15) is 39.5 Å². The van der Waals surface area contributed by atoms with Crippen molar-refractivity contribution in [3.8, 4) is 0 Å². The summed E-state index contributed by atoms with van der Waals surface area (Å²) in [5, 5.41) is 20.3. The molecule has 0 radical (unpaired) electrons. The third kappa shape index (κ3) is 4.09. The van der Waals surface area contributed by atoms with Crippen LogP contribution in [0.5, 0.6) is 0 Å². The average molecular weight is 272 g/mol. The van der Waals surface area contributed by atoms with Gasteiger partial charge in [0.15, 0.2) is 6.10 Å². The number of carbonyl (C=O) groups excluding carboxylic acids is 1. The third-order valence-corrected chi connectivity index (χ3v) is 4.20. The predicted octanol–water partition coefficient (Wildman–Crippen LogP) is 1.04. The number of hydrogen-bond acceptors (Lipinski definition) is 3. The van der Waals surface area contributed by atoms with Crippen LogP contribution in [0.15, 0.2) is 0 Å². The van der Waals surface area contributed by atoms with Gasteiger partial charge in [0.25, 0.3) is 0 Å². The predicted molar refractivity (Wildman–Crippen MR) is 70.9 cm³/mol. The average Bonchev–Trinajstić information content (AvgIpc) is 2.83. The van der Waals surface area contributed by atoms with Gasteiger partial charge in [-0.05, 0) is 24.7 Å². The fourth-order valence-electron chi connectivity index (χ4n) is 2.49. The smallest absolute Gasteiger partial charge is 0.332 e. The van der Waals surface area contributed by atoms with Crippen LogP contribution in [0.3, 0.4) is 0 Å². The number of carboxylic acids is 1. The van der Waals surface area contributed by atoms with Gasteiger partial charge in [-0.3, -0.25) is 0 Å². The molecule has 0 spiro atoms. The zero-order chi connectivity index (χ0) is 14.5. The van der Waals surface area contributed by atoms with E-state index in [1.807, 2.05) is 0 Å². The Bertz CT molecular complexity index is 329. The van der Waals surface area contributed by atoms with Gasteiger partial charge in [-0.25, -0.2) is 9.59 Å². The van der Waals surface area contributed by atoms with Crippen LogP contribution >= 0.6 is 0 Å². The summed E-state index contributed by atoms with van der Waals surface area (Å²) < 4.78 is 0. The van der Waals surface area contributed by atoms with Gasteiger partial charge in [0, 0.05) is 26.1 Å². The minimum absolute atomic E-state index is 0.0294. The number of aliphatic hydroxyl groups excluding tert-OH is 1. The highest BCUT2D eigenvalue weighted by atomic mass is 16.4. The quantitative estimate of drug-likeness (QED) is 0.674. The highest BCUT2D eigenvalue weighted by Gasteiger charge is 2.36. The van der Waals surface area contributed by atoms with Crippen LogP contribution < -0.4 is 5.32 Å².